The molecule has 0 atom stereocenters. The highest BCUT2D eigenvalue weighted by Gasteiger charge is 2.22. The molecule has 1 saturated heterocycles. The lowest BCUT2D eigenvalue weighted by Gasteiger charge is -2.22. The Morgan fingerprint density at radius 1 is 0.900 bits per heavy atom. The van der Waals surface area contributed by atoms with Crippen molar-refractivity contribution in [3.05, 3.63) is 59.2 Å². The lowest BCUT2D eigenvalue weighted by atomic mass is 10.1. The van der Waals surface area contributed by atoms with E-state index in [-0.39, 0.29) is 11.8 Å². The number of amides is 2. The van der Waals surface area contributed by atoms with Gasteiger partial charge in [-0.05, 0) is 49.6 Å². The number of rotatable bonds is 6. The van der Waals surface area contributed by atoms with Crippen molar-refractivity contribution in [1.29, 1.82) is 0 Å². The van der Waals surface area contributed by atoms with Gasteiger partial charge >= 0.3 is 0 Å². The van der Waals surface area contributed by atoms with E-state index in [1.54, 1.807) is 14.2 Å². The van der Waals surface area contributed by atoms with E-state index >= 15 is 0 Å². The van der Waals surface area contributed by atoms with E-state index in [2.05, 4.69) is 0 Å². The zero-order valence-electron chi connectivity index (χ0n) is 18.0. The summed E-state index contributed by atoms with van der Waals surface area (Å²) < 4.78 is 10.6. The molecule has 0 radical (unpaired) electrons. The fraction of sp³-hybridized carbons (Fsp3) is 0.417. The number of carbonyl (C=O) groups is 2. The summed E-state index contributed by atoms with van der Waals surface area (Å²) in [6.45, 7) is 4.48. The van der Waals surface area contributed by atoms with Gasteiger partial charge in [0, 0.05) is 38.2 Å². The lowest BCUT2D eigenvalue weighted by molar-refractivity contribution is -0.131. The van der Waals surface area contributed by atoms with Crippen molar-refractivity contribution in [3.63, 3.8) is 0 Å². The summed E-state index contributed by atoms with van der Waals surface area (Å²) in [6.07, 6.45) is 1.86. The minimum absolute atomic E-state index is 0.0401. The van der Waals surface area contributed by atoms with Gasteiger partial charge < -0.3 is 19.3 Å². The number of hydrogen-bond donors (Lipinski definition) is 0. The molecular formula is C24H30N2O4. The van der Waals surface area contributed by atoms with Crippen LogP contribution in [0.1, 0.15) is 34.3 Å². The molecule has 6 heteroatoms. The van der Waals surface area contributed by atoms with Crippen LogP contribution in [0.5, 0.6) is 11.5 Å². The second-order valence-electron chi connectivity index (χ2n) is 7.59. The Kier molecular flexibility index (Phi) is 7.33. The first-order valence-corrected chi connectivity index (χ1v) is 10.4. The zero-order valence-corrected chi connectivity index (χ0v) is 18.0. The first kappa shape index (κ1) is 21.7. The average molecular weight is 411 g/mol. The molecule has 0 aliphatic carbocycles. The van der Waals surface area contributed by atoms with Gasteiger partial charge in [-0.3, -0.25) is 9.59 Å². The van der Waals surface area contributed by atoms with E-state index in [0.717, 1.165) is 17.5 Å². The molecule has 30 heavy (non-hydrogen) atoms. The summed E-state index contributed by atoms with van der Waals surface area (Å²) >= 11 is 0. The summed E-state index contributed by atoms with van der Waals surface area (Å²) in [5.41, 5.74) is 2.82. The van der Waals surface area contributed by atoms with Crippen LogP contribution in [0.2, 0.25) is 0 Å². The minimum Gasteiger partial charge on any atom is -0.493 e. The Balaban J connectivity index is 1.55. The average Bonchev–Trinajstić information content (AvgIpc) is 3.03. The van der Waals surface area contributed by atoms with Gasteiger partial charge in [0.15, 0.2) is 11.5 Å². The van der Waals surface area contributed by atoms with Crippen molar-refractivity contribution < 1.29 is 19.1 Å². The SMILES string of the molecule is COc1ccc(CCC(=O)N2CCCN(C(=O)c3cccc(C)c3)CC2)cc1OC. The Bertz CT molecular complexity index is 897. The van der Waals surface area contributed by atoms with E-state index < -0.39 is 0 Å². The molecule has 160 valence electrons. The number of methoxy groups -OCH3 is 2. The number of carbonyl (C=O) groups excluding carboxylic acids is 2. The third-order valence-electron chi connectivity index (χ3n) is 5.48. The van der Waals surface area contributed by atoms with Crippen molar-refractivity contribution in [3.8, 4) is 11.5 Å². The molecule has 0 bridgehead atoms. The maximum absolute atomic E-state index is 12.8. The lowest BCUT2D eigenvalue weighted by Crippen LogP contribution is -2.37. The topological polar surface area (TPSA) is 59.1 Å². The molecular weight excluding hydrogens is 380 g/mol. The van der Waals surface area contributed by atoms with E-state index in [1.807, 2.05) is 59.2 Å². The molecule has 3 rings (SSSR count). The Morgan fingerprint density at radius 3 is 2.37 bits per heavy atom. The van der Waals surface area contributed by atoms with E-state index in [9.17, 15) is 9.59 Å². The molecule has 2 aromatic carbocycles. The summed E-state index contributed by atoms with van der Waals surface area (Å²) in [5, 5.41) is 0. The van der Waals surface area contributed by atoms with Gasteiger partial charge in [0.25, 0.3) is 5.91 Å². The predicted molar refractivity (Wildman–Crippen MR) is 116 cm³/mol. The predicted octanol–water partition coefficient (Wildman–Crippen LogP) is 3.32. The molecule has 0 saturated carbocycles. The third kappa shape index (κ3) is 5.32. The minimum atomic E-state index is 0.0401. The molecule has 2 aromatic rings. The molecule has 1 heterocycles. The fourth-order valence-electron chi connectivity index (χ4n) is 3.78. The van der Waals surface area contributed by atoms with Crippen LogP contribution >= 0.6 is 0 Å². The number of hydrogen-bond acceptors (Lipinski definition) is 4. The first-order chi connectivity index (χ1) is 14.5. The molecule has 1 aliphatic rings. The van der Waals surface area contributed by atoms with Crippen LogP contribution in [-0.4, -0.2) is 62.0 Å². The van der Waals surface area contributed by atoms with Crippen molar-refractivity contribution in [2.24, 2.45) is 0 Å². The van der Waals surface area contributed by atoms with Gasteiger partial charge in [0.05, 0.1) is 14.2 Å². The Labute approximate surface area is 178 Å². The number of aryl methyl sites for hydroxylation is 2. The highest BCUT2D eigenvalue weighted by atomic mass is 16.5. The van der Waals surface area contributed by atoms with Gasteiger partial charge in [0.2, 0.25) is 5.91 Å². The number of nitrogens with zero attached hydrogens (tertiary/aromatic N) is 2. The monoisotopic (exact) mass is 410 g/mol. The second-order valence-corrected chi connectivity index (χ2v) is 7.59. The van der Waals surface area contributed by atoms with Crippen molar-refractivity contribution >= 4 is 11.8 Å². The quantitative estimate of drug-likeness (QED) is 0.733. The summed E-state index contributed by atoms with van der Waals surface area (Å²) in [5.74, 6) is 1.51. The van der Waals surface area contributed by atoms with E-state index in [0.29, 0.717) is 56.1 Å². The molecule has 1 fully saturated rings. The second kappa shape index (κ2) is 10.1. The molecule has 0 N–H and O–H groups in total. The van der Waals surface area contributed by atoms with E-state index in [4.69, 9.17) is 9.47 Å². The Hall–Kier alpha value is -3.02. The van der Waals surface area contributed by atoms with Gasteiger partial charge in [-0.25, -0.2) is 0 Å². The van der Waals surface area contributed by atoms with Gasteiger partial charge in [-0.2, -0.15) is 0 Å². The van der Waals surface area contributed by atoms with Crippen LogP contribution in [-0.2, 0) is 11.2 Å². The van der Waals surface area contributed by atoms with E-state index in [1.165, 1.54) is 0 Å². The van der Waals surface area contributed by atoms with Crippen molar-refractivity contribution in [2.45, 2.75) is 26.2 Å². The van der Waals surface area contributed by atoms with Crippen LogP contribution in [0.15, 0.2) is 42.5 Å². The highest BCUT2D eigenvalue weighted by molar-refractivity contribution is 5.94. The first-order valence-electron chi connectivity index (χ1n) is 10.4. The van der Waals surface area contributed by atoms with Crippen LogP contribution in [0.3, 0.4) is 0 Å². The fourth-order valence-corrected chi connectivity index (χ4v) is 3.78. The molecule has 6 nitrogen and oxygen atoms in total. The van der Waals surface area contributed by atoms with Crippen LogP contribution < -0.4 is 9.47 Å². The van der Waals surface area contributed by atoms with Crippen molar-refractivity contribution in [2.75, 3.05) is 40.4 Å². The van der Waals surface area contributed by atoms with Gasteiger partial charge in [0.1, 0.15) is 0 Å². The van der Waals surface area contributed by atoms with Gasteiger partial charge in [-0.15, -0.1) is 0 Å². The molecule has 0 spiro atoms. The van der Waals surface area contributed by atoms with Crippen molar-refractivity contribution in [1.82, 2.24) is 9.80 Å². The largest absolute Gasteiger partial charge is 0.493 e. The summed E-state index contributed by atoms with van der Waals surface area (Å²) in [4.78, 5) is 29.3. The number of benzene rings is 2. The van der Waals surface area contributed by atoms with Crippen LogP contribution in [0, 0.1) is 6.92 Å². The smallest absolute Gasteiger partial charge is 0.253 e. The molecule has 1 aliphatic heterocycles. The maximum atomic E-state index is 12.8. The standard InChI is InChI=1S/C24H30N2O4/c1-18-6-4-7-20(16-18)24(28)26-13-5-12-25(14-15-26)23(27)11-9-19-8-10-21(29-2)22(17-19)30-3/h4,6-8,10,16-17H,5,9,11-15H2,1-3H3. The molecule has 2 amide bonds. The third-order valence-corrected chi connectivity index (χ3v) is 5.48. The Morgan fingerprint density at radius 2 is 1.63 bits per heavy atom. The summed E-state index contributed by atoms with van der Waals surface area (Å²) in [7, 11) is 3.21. The molecule has 0 aromatic heterocycles. The normalized spacial score (nSPS) is 14.2. The zero-order chi connectivity index (χ0) is 21.5. The summed E-state index contributed by atoms with van der Waals surface area (Å²) in [6, 6.07) is 13.4. The van der Waals surface area contributed by atoms with Gasteiger partial charge in [-0.1, -0.05) is 23.8 Å². The molecule has 0 unspecified atom stereocenters. The van der Waals surface area contributed by atoms with Crippen LogP contribution in [0.4, 0.5) is 0 Å². The highest BCUT2D eigenvalue weighted by Crippen LogP contribution is 2.28. The number of ether oxygens (including phenoxy) is 2. The maximum Gasteiger partial charge on any atom is 0.253 e. The van der Waals surface area contributed by atoms with Crippen LogP contribution in [0.25, 0.3) is 0 Å².